The zero-order valence-corrected chi connectivity index (χ0v) is 13.1. The number of benzene rings is 2. The molecule has 0 aliphatic rings. The van der Waals surface area contributed by atoms with Crippen LogP contribution >= 0.6 is 0 Å². The summed E-state index contributed by atoms with van der Waals surface area (Å²) in [5.74, 6) is -0.273. The number of furan rings is 1. The quantitative estimate of drug-likeness (QED) is 0.378. The Bertz CT molecular complexity index is 976. The second-order valence-electron chi connectivity index (χ2n) is 5.00. The van der Waals surface area contributed by atoms with E-state index >= 15 is 0 Å². The fourth-order valence-electron chi connectivity index (χ4n) is 2.16. The number of hydrogen-bond donors (Lipinski definition) is 3. The van der Waals surface area contributed by atoms with Crippen LogP contribution in [0.5, 0.6) is 0 Å². The Balaban J connectivity index is 1.88. The van der Waals surface area contributed by atoms with E-state index < -0.39 is 15.9 Å². The Hall–Kier alpha value is -2.80. The molecule has 0 saturated heterocycles. The molecule has 6 nitrogen and oxygen atoms in total. The molecule has 2 aromatic carbocycles. The fourth-order valence-corrected chi connectivity index (χ4v) is 3.03. The highest BCUT2D eigenvalue weighted by Gasteiger charge is 2.19. The monoisotopic (exact) mass is 331 g/mol. The number of para-hydroxylation sites is 1. The van der Waals surface area contributed by atoms with Gasteiger partial charge in [0.05, 0.1) is 4.90 Å². The third-order valence-electron chi connectivity index (χ3n) is 3.33. The molecule has 0 saturated carbocycles. The average Bonchev–Trinajstić information content (AvgIpc) is 2.99. The van der Waals surface area contributed by atoms with Gasteiger partial charge >= 0.3 is 15.9 Å². The van der Waals surface area contributed by atoms with Crippen LogP contribution in [0.1, 0.15) is 11.3 Å². The first-order valence-corrected chi connectivity index (χ1v) is 8.34. The summed E-state index contributed by atoms with van der Waals surface area (Å²) < 4.78 is 29.7. The molecule has 0 aliphatic heterocycles. The summed E-state index contributed by atoms with van der Waals surface area (Å²) in [7, 11) is -3.79. The highest BCUT2D eigenvalue weighted by atomic mass is 32.2. The van der Waals surface area contributed by atoms with Crippen LogP contribution in [0.25, 0.3) is 11.0 Å². The van der Waals surface area contributed by atoms with Gasteiger partial charge in [-0.15, -0.1) is 0 Å². The summed E-state index contributed by atoms with van der Waals surface area (Å²) in [6.07, 6.45) is 0. The molecule has 0 unspecified atom stereocenters. The number of fused-ring (bicyclic) bond motifs is 1. The molecule has 1 heterocycles. The van der Waals surface area contributed by atoms with Gasteiger partial charge in [0.25, 0.3) is 0 Å². The minimum atomic E-state index is -3.79. The summed E-state index contributed by atoms with van der Waals surface area (Å²) in [6, 6.07) is 15.1. The minimum Gasteiger partial charge on any atom is -0.456 e. The van der Waals surface area contributed by atoms with Crippen molar-refractivity contribution >= 4 is 26.9 Å². The van der Waals surface area contributed by atoms with Gasteiger partial charge in [-0.1, -0.05) is 46.3 Å². The lowest BCUT2D eigenvalue weighted by molar-refractivity contribution is -0.507. The maximum absolute atomic E-state index is 12.1. The molecule has 0 aliphatic carbocycles. The van der Waals surface area contributed by atoms with Crippen LogP contribution in [0.3, 0.4) is 0 Å². The molecule has 0 spiro atoms. The summed E-state index contributed by atoms with van der Waals surface area (Å²) in [4.78, 5) is 2.19. The summed E-state index contributed by atoms with van der Waals surface area (Å²) in [5.41, 5.74) is 1.56. The Morgan fingerprint density at radius 3 is 2.57 bits per heavy atom. The van der Waals surface area contributed by atoms with Crippen molar-refractivity contribution in [1.29, 1.82) is 0 Å². The fraction of sp³-hybridized carbons (Fsp3) is 0.0625. The maximum atomic E-state index is 12.1. The zero-order chi connectivity index (χ0) is 16.4. The number of sulfonamides is 1. The van der Waals surface area contributed by atoms with Crippen molar-refractivity contribution in [2.24, 2.45) is 0 Å². The smallest absolute Gasteiger partial charge is 0.431 e. The highest BCUT2D eigenvalue weighted by Crippen LogP contribution is 2.21. The zero-order valence-electron chi connectivity index (χ0n) is 12.3. The number of nitrogens with one attached hydrogen (secondary N) is 2. The minimum absolute atomic E-state index is 0.0840. The van der Waals surface area contributed by atoms with E-state index in [-0.39, 0.29) is 10.7 Å². The number of aliphatic hydroxyl groups is 1. The molecule has 0 radical (unpaired) electrons. The number of aliphatic hydroxyl groups excluding tert-OH is 1. The third-order valence-corrected chi connectivity index (χ3v) is 4.60. The molecule has 0 atom stereocenters. The van der Waals surface area contributed by atoms with Crippen LogP contribution in [0.2, 0.25) is 0 Å². The van der Waals surface area contributed by atoms with E-state index in [0.29, 0.717) is 5.58 Å². The molecule has 7 heteroatoms. The molecule has 0 bridgehead atoms. The number of rotatable bonds is 4. The second kappa shape index (κ2) is 5.77. The molecular weight excluding hydrogens is 316 g/mol. The predicted octanol–water partition coefficient (Wildman–Crippen LogP) is 1.02. The van der Waals surface area contributed by atoms with Gasteiger partial charge < -0.3 is 9.52 Å². The Morgan fingerprint density at radius 2 is 1.87 bits per heavy atom. The Kier molecular flexibility index (Phi) is 3.79. The second-order valence-corrected chi connectivity index (χ2v) is 6.68. The van der Waals surface area contributed by atoms with Gasteiger partial charge in [-0.05, 0) is 24.6 Å². The van der Waals surface area contributed by atoms with Crippen LogP contribution < -0.4 is 9.93 Å². The van der Waals surface area contributed by atoms with Crippen molar-refractivity contribution < 1.29 is 23.0 Å². The van der Waals surface area contributed by atoms with Crippen LogP contribution in [0.4, 0.5) is 0 Å². The summed E-state index contributed by atoms with van der Waals surface area (Å²) in [6.45, 7) is 1.89. The standard InChI is InChI=1S/C16H14N2O4S/c1-11-6-5-7-12-10-14(22-15(11)12)16(19)17-18-23(20,21)13-8-3-2-4-9-13/h2-10,18H,1H3,(H,17,19)/p+1. The van der Waals surface area contributed by atoms with Gasteiger partial charge in [0.1, 0.15) is 5.58 Å². The van der Waals surface area contributed by atoms with E-state index in [9.17, 15) is 13.5 Å². The predicted molar refractivity (Wildman–Crippen MR) is 85.4 cm³/mol. The van der Waals surface area contributed by atoms with Gasteiger partial charge in [-0.2, -0.15) is 8.42 Å². The van der Waals surface area contributed by atoms with Gasteiger partial charge in [0.15, 0.2) is 0 Å². The average molecular weight is 331 g/mol. The van der Waals surface area contributed by atoms with E-state index in [2.05, 4.69) is 9.93 Å². The van der Waals surface area contributed by atoms with Crippen molar-refractivity contribution in [3.8, 4) is 0 Å². The number of hydrazone groups is 1. The SMILES string of the molecule is Cc1cccc2cc(C(O)=[NH+]NS(=O)(=O)c3ccccc3)oc12. The van der Waals surface area contributed by atoms with Crippen molar-refractivity contribution in [2.75, 3.05) is 0 Å². The first-order valence-electron chi connectivity index (χ1n) is 6.86. The lowest BCUT2D eigenvalue weighted by Gasteiger charge is -1.98. The van der Waals surface area contributed by atoms with E-state index in [0.717, 1.165) is 10.9 Å². The maximum Gasteiger partial charge on any atom is 0.431 e. The molecular formula is C16H15N2O4S+. The molecule has 3 rings (SSSR count). The van der Waals surface area contributed by atoms with Crippen molar-refractivity contribution in [1.82, 2.24) is 4.83 Å². The molecule has 3 N–H and O–H groups in total. The normalized spacial score (nSPS) is 12.5. The van der Waals surface area contributed by atoms with Crippen molar-refractivity contribution in [3.05, 3.63) is 65.9 Å². The van der Waals surface area contributed by atoms with E-state index in [4.69, 9.17) is 4.42 Å². The summed E-state index contributed by atoms with van der Waals surface area (Å²) in [5, 5.41) is 13.1. The Labute approximate surface area is 133 Å². The molecule has 3 aromatic rings. The van der Waals surface area contributed by atoms with E-state index in [1.807, 2.05) is 25.1 Å². The molecule has 0 fully saturated rings. The van der Waals surface area contributed by atoms with Crippen LogP contribution in [0, 0.1) is 6.92 Å². The highest BCUT2D eigenvalue weighted by molar-refractivity contribution is 7.89. The molecule has 23 heavy (non-hydrogen) atoms. The van der Waals surface area contributed by atoms with Gasteiger partial charge in [-0.3, -0.25) is 0 Å². The first kappa shape index (κ1) is 15.1. The molecule has 1 aromatic heterocycles. The molecule has 118 valence electrons. The topological polar surface area (TPSA) is 93.5 Å². The summed E-state index contributed by atoms with van der Waals surface area (Å²) >= 11 is 0. The number of hydrogen-bond acceptors (Lipinski definition) is 3. The van der Waals surface area contributed by atoms with Crippen molar-refractivity contribution in [2.45, 2.75) is 11.8 Å². The van der Waals surface area contributed by atoms with Crippen LogP contribution in [0.15, 0.2) is 63.9 Å². The van der Waals surface area contributed by atoms with Crippen molar-refractivity contribution in [3.63, 3.8) is 0 Å². The van der Waals surface area contributed by atoms with E-state index in [1.54, 1.807) is 24.3 Å². The lowest BCUT2D eigenvalue weighted by Crippen LogP contribution is -2.84. The van der Waals surface area contributed by atoms with Gasteiger partial charge in [0.2, 0.25) is 5.76 Å². The largest absolute Gasteiger partial charge is 0.456 e. The third kappa shape index (κ3) is 3.04. The Morgan fingerprint density at radius 1 is 1.13 bits per heavy atom. The van der Waals surface area contributed by atoms with Gasteiger partial charge in [0, 0.05) is 11.5 Å². The van der Waals surface area contributed by atoms with Crippen LogP contribution in [-0.2, 0) is 10.0 Å². The molecule has 0 amide bonds. The first-order chi connectivity index (χ1) is 11.0. The van der Waals surface area contributed by atoms with Gasteiger partial charge in [-0.25, -0.2) is 0 Å². The number of hydrazine groups is 1. The lowest BCUT2D eigenvalue weighted by atomic mass is 10.2. The van der Waals surface area contributed by atoms with E-state index in [1.165, 1.54) is 12.1 Å². The van der Waals surface area contributed by atoms with Crippen LogP contribution in [-0.4, -0.2) is 19.4 Å². The number of aryl methyl sites for hydroxylation is 1.